The SMILES string of the molecule is CCCCCCCCC[N+]1(C)[C@H]2CC(OC(=O)C(CO)c3ccccc3)C[C@H]1[C@H]1O[C@H]12.COS(=O)(=O)[O-]. The number of likely N-dealkylation sites (N-methyl/N-ethyl adjacent to an activating group) is 1. The zero-order valence-electron chi connectivity index (χ0n) is 22.3. The number of quaternary nitrogens is 1. The van der Waals surface area contributed by atoms with Gasteiger partial charge in [0.05, 0.1) is 27.3 Å². The van der Waals surface area contributed by atoms with Crippen LogP contribution in [0.4, 0.5) is 0 Å². The first-order chi connectivity index (χ1) is 17.6. The van der Waals surface area contributed by atoms with Gasteiger partial charge in [-0.05, 0) is 18.4 Å². The molecule has 0 aliphatic carbocycles. The Morgan fingerprint density at radius 1 is 1.08 bits per heavy atom. The standard InChI is InChI=1S/C26H40NO4.CH4O4S/c1-3-4-5-6-7-8-12-15-27(2)22-16-20(17-23(27)25-24(22)31-25)30-26(29)21(18-28)19-13-10-9-11-14-19;1-5-6(2,3)4/h9-11,13-14,20-25,28H,3-8,12,15-18H2,1-2H3;1H3,(H,2,3,4)/q+1;/p-1/t20?,21?,22-,23-,24-,25+,27?;/m0./s1. The molecule has 10 heteroatoms. The highest BCUT2D eigenvalue weighted by Gasteiger charge is 2.71. The van der Waals surface area contributed by atoms with Gasteiger partial charge < -0.3 is 23.6 Å². The number of rotatable bonds is 13. The topological polar surface area (TPSA) is 125 Å². The summed E-state index contributed by atoms with van der Waals surface area (Å²) in [6.07, 6.45) is 11.8. The normalized spacial score (nSPS) is 30.6. The molecule has 3 fully saturated rings. The van der Waals surface area contributed by atoms with Gasteiger partial charge in [-0.25, -0.2) is 8.42 Å². The molecule has 3 heterocycles. The van der Waals surface area contributed by atoms with Crippen LogP contribution in [0.5, 0.6) is 0 Å². The number of hydrogen-bond acceptors (Lipinski definition) is 8. The van der Waals surface area contributed by atoms with Crippen molar-refractivity contribution >= 4 is 16.4 Å². The molecule has 0 amide bonds. The van der Waals surface area contributed by atoms with E-state index in [1.807, 2.05) is 30.3 Å². The maximum atomic E-state index is 12.8. The van der Waals surface area contributed by atoms with Crippen LogP contribution in [0.15, 0.2) is 30.3 Å². The van der Waals surface area contributed by atoms with Gasteiger partial charge in [0.2, 0.25) is 10.4 Å². The summed E-state index contributed by atoms with van der Waals surface area (Å²) in [5.41, 5.74) is 0.819. The molecule has 0 saturated carbocycles. The number of epoxide rings is 1. The molecule has 3 aliphatic rings. The number of esters is 1. The number of aliphatic hydroxyl groups excluding tert-OH is 1. The number of aliphatic hydroxyl groups is 1. The molecule has 3 saturated heterocycles. The van der Waals surface area contributed by atoms with Crippen LogP contribution >= 0.6 is 0 Å². The van der Waals surface area contributed by atoms with Gasteiger partial charge in [0.1, 0.15) is 36.3 Å². The number of fused-ring (bicyclic) bond motifs is 5. The smallest absolute Gasteiger partial charge is 0.316 e. The summed E-state index contributed by atoms with van der Waals surface area (Å²) in [6.45, 7) is 3.26. The van der Waals surface area contributed by atoms with Gasteiger partial charge in [0.15, 0.2) is 0 Å². The third-order valence-electron chi connectivity index (χ3n) is 8.24. The molecule has 1 N–H and O–H groups in total. The third-order valence-corrected chi connectivity index (χ3v) is 8.65. The maximum absolute atomic E-state index is 12.8. The van der Waals surface area contributed by atoms with Crippen LogP contribution < -0.4 is 0 Å². The van der Waals surface area contributed by atoms with Crippen molar-refractivity contribution in [3.8, 4) is 0 Å². The van der Waals surface area contributed by atoms with Crippen molar-refractivity contribution in [1.29, 1.82) is 0 Å². The van der Waals surface area contributed by atoms with Crippen molar-refractivity contribution in [3.63, 3.8) is 0 Å². The Morgan fingerprint density at radius 3 is 2.14 bits per heavy atom. The van der Waals surface area contributed by atoms with E-state index < -0.39 is 16.3 Å². The Balaban J connectivity index is 0.000000568. The Labute approximate surface area is 221 Å². The number of benzene rings is 1. The lowest BCUT2D eigenvalue weighted by Crippen LogP contribution is -2.62. The van der Waals surface area contributed by atoms with Gasteiger partial charge >= 0.3 is 5.97 Å². The van der Waals surface area contributed by atoms with Crippen molar-refractivity contribution in [2.75, 3.05) is 27.3 Å². The number of piperidine rings is 1. The van der Waals surface area contributed by atoms with Crippen LogP contribution in [0.25, 0.3) is 0 Å². The number of morpholine rings is 1. The van der Waals surface area contributed by atoms with E-state index in [0.717, 1.165) is 30.0 Å². The summed E-state index contributed by atoms with van der Waals surface area (Å²) in [7, 11) is -1.20. The quantitative estimate of drug-likeness (QED) is 0.101. The number of carbonyl (C=O) groups excluding carboxylic acids is 1. The fraction of sp³-hybridized carbons (Fsp3) is 0.741. The lowest BCUT2D eigenvalue weighted by Gasteiger charge is -2.48. The van der Waals surface area contributed by atoms with E-state index in [-0.39, 0.29) is 18.7 Å². The van der Waals surface area contributed by atoms with Gasteiger partial charge in [-0.15, -0.1) is 0 Å². The van der Waals surface area contributed by atoms with Crippen molar-refractivity contribution in [2.45, 2.75) is 101 Å². The van der Waals surface area contributed by atoms with E-state index in [4.69, 9.17) is 9.47 Å². The summed E-state index contributed by atoms with van der Waals surface area (Å²) >= 11 is 0. The summed E-state index contributed by atoms with van der Waals surface area (Å²) in [5.74, 6) is -0.893. The summed E-state index contributed by atoms with van der Waals surface area (Å²) in [4.78, 5) is 12.8. The molecule has 2 bridgehead atoms. The van der Waals surface area contributed by atoms with Crippen molar-refractivity contribution in [1.82, 2.24) is 0 Å². The molecule has 9 nitrogen and oxygen atoms in total. The van der Waals surface area contributed by atoms with Crippen molar-refractivity contribution < 1.29 is 41.0 Å². The minimum atomic E-state index is -4.41. The number of ether oxygens (including phenoxy) is 2. The molecule has 3 aliphatic heterocycles. The molecule has 4 rings (SSSR count). The number of unbranched alkanes of at least 4 members (excludes halogenated alkanes) is 6. The summed E-state index contributed by atoms with van der Waals surface area (Å²) in [5, 5.41) is 9.79. The highest BCUT2D eigenvalue weighted by atomic mass is 32.3. The monoisotopic (exact) mass is 541 g/mol. The average Bonchev–Trinajstić information content (AvgIpc) is 3.63. The lowest BCUT2D eigenvalue weighted by atomic mass is 9.94. The van der Waals surface area contributed by atoms with Crippen molar-refractivity contribution in [2.24, 2.45) is 0 Å². The lowest BCUT2D eigenvalue weighted by molar-refractivity contribution is -0.956. The highest BCUT2D eigenvalue weighted by molar-refractivity contribution is 7.80. The Bertz CT molecular complexity index is 938. The largest absolute Gasteiger partial charge is 0.726 e. The molecule has 7 atom stereocenters. The number of carbonyl (C=O) groups is 1. The van der Waals surface area contributed by atoms with E-state index in [2.05, 4.69) is 18.2 Å². The first-order valence-electron chi connectivity index (χ1n) is 13.5. The second-order valence-electron chi connectivity index (χ2n) is 10.6. The minimum absolute atomic E-state index is 0.0584. The average molecular weight is 542 g/mol. The van der Waals surface area contributed by atoms with E-state index in [1.54, 1.807) is 0 Å². The molecule has 0 aromatic heterocycles. The molecule has 1 aromatic carbocycles. The van der Waals surface area contributed by atoms with Crippen molar-refractivity contribution in [3.05, 3.63) is 35.9 Å². The minimum Gasteiger partial charge on any atom is -0.726 e. The number of hydrogen-bond donors (Lipinski definition) is 1. The van der Waals surface area contributed by atoms with Gasteiger partial charge in [-0.3, -0.25) is 8.98 Å². The maximum Gasteiger partial charge on any atom is 0.316 e. The molecule has 0 spiro atoms. The van der Waals surface area contributed by atoms with Gasteiger partial charge in [-0.1, -0.05) is 69.4 Å². The number of nitrogens with zero attached hydrogens (tertiary/aromatic N) is 1. The zero-order chi connectivity index (χ0) is 27.1. The second-order valence-corrected chi connectivity index (χ2v) is 11.8. The zero-order valence-corrected chi connectivity index (χ0v) is 23.1. The first kappa shape index (κ1) is 30.0. The highest BCUT2D eigenvalue weighted by Crippen LogP contribution is 2.53. The predicted molar refractivity (Wildman–Crippen MR) is 137 cm³/mol. The van der Waals surface area contributed by atoms with E-state index >= 15 is 0 Å². The Hall–Kier alpha value is -1.56. The van der Waals surface area contributed by atoms with Crippen LogP contribution in [0.1, 0.15) is 76.2 Å². The Kier molecular flexibility index (Phi) is 10.9. The molecule has 210 valence electrons. The fourth-order valence-corrected chi connectivity index (χ4v) is 6.14. The molecular weight excluding hydrogens is 498 g/mol. The molecule has 3 unspecified atom stereocenters. The second kappa shape index (κ2) is 13.5. The van der Waals surface area contributed by atoms with Gasteiger partial charge in [-0.2, -0.15) is 0 Å². The van der Waals surface area contributed by atoms with Crippen LogP contribution in [0, 0.1) is 0 Å². The van der Waals surface area contributed by atoms with Crippen LogP contribution in [0.3, 0.4) is 0 Å². The molecule has 37 heavy (non-hydrogen) atoms. The van der Waals surface area contributed by atoms with E-state index in [1.165, 1.54) is 51.5 Å². The molecular formula is C27H43NO8S. The Morgan fingerprint density at radius 2 is 1.62 bits per heavy atom. The van der Waals surface area contributed by atoms with Gasteiger partial charge in [0.25, 0.3) is 0 Å². The summed E-state index contributed by atoms with van der Waals surface area (Å²) in [6, 6.07) is 10.3. The van der Waals surface area contributed by atoms with Crippen LogP contribution in [0.2, 0.25) is 0 Å². The summed E-state index contributed by atoms with van der Waals surface area (Å²) < 4.78 is 44.1. The first-order valence-corrected chi connectivity index (χ1v) is 14.9. The van der Waals surface area contributed by atoms with Crippen LogP contribution in [-0.4, -0.2) is 86.2 Å². The third kappa shape index (κ3) is 7.97. The fourth-order valence-electron chi connectivity index (χ4n) is 6.14. The van der Waals surface area contributed by atoms with E-state index in [0.29, 0.717) is 24.3 Å². The molecule has 1 aromatic rings. The molecule has 0 radical (unpaired) electrons. The predicted octanol–water partition coefficient (Wildman–Crippen LogP) is 3.28. The van der Waals surface area contributed by atoms with Crippen LogP contribution in [-0.2, 0) is 28.9 Å². The van der Waals surface area contributed by atoms with Gasteiger partial charge in [0, 0.05) is 12.8 Å². The van der Waals surface area contributed by atoms with E-state index in [9.17, 15) is 22.9 Å².